The molecule has 7 nitrogen and oxygen atoms in total. The molecular formula is C24H25N5O2. The number of amides is 2. The van der Waals surface area contributed by atoms with E-state index in [-0.39, 0.29) is 17.7 Å². The summed E-state index contributed by atoms with van der Waals surface area (Å²) in [6.07, 6.45) is 1.73. The minimum Gasteiger partial charge on any atom is -0.354 e. The summed E-state index contributed by atoms with van der Waals surface area (Å²) in [5, 5.41) is 14.5. The number of piperidine rings is 1. The van der Waals surface area contributed by atoms with Crippen LogP contribution in [0.1, 0.15) is 19.8 Å². The van der Waals surface area contributed by atoms with E-state index in [1.807, 2.05) is 48.5 Å². The van der Waals surface area contributed by atoms with Gasteiger partial charge >= 0.3 is 0 Å². The number of nitrogens with one attached hydrogen (secondary N) is 2. The van der Waals surface area contributed by atoms with Crippen LogP contribution in [0.5, 0.6) is 0 Å². The Bertz CT molecular complexity index is 1050. The number of nitrogens with zero attached hydrogens (tertiary/aromatic N) is 3. The lowest BCUT2D eigenvalue weighted by Crippen LogP contribution is -2.41. The molecule has 0 spiro atoms. The highest BCUT2D eigenvalue weighted by Crippen LogP contribution is 2.25. The lowest BCUT2D eigenvalue weighted by atomic mass is 9.97. The Morgan fingerprint density at radius 1 is 0.935 bits per heavy atom. The molecule has 158 valence electrons. The maximum absolute atomic E-state index is 12.9. The van der Waals surface area contributed by atoms with Gasteiger partial charge in [0, 0.05) is 37.0 Å². The first kappa shape index (κ1) is 20.5. The maximum atomic E-state index is 12.9. The normalized spacial score (nSPS) is 15.9. The average molecular weight is 415 g/mol. The van der Waals surface area contributed by atoms with Crippen LogP contribution in [-0.2, 0) is 9.59 Å². The van der Waals surface area contributed by atoms with Gasteiger partial charge in [0.15, 0.2) is 5.82 Å². The van der Waals surface area contributed by atoms with Crippen LogP contribution in [-0.4, -0.2) is 35.1 Å². The van der Waals surface area contributed by atoms with Crippen LogP contribution in [0.4, 0.5) is 17.2 Å². The van der Waals surface area contributed by atoms with Gasteiger partial charge in [-0.05, 0) is 43.2 Å². The van der Waals surface area contributed by atoms with Crippen molar-refractivity contribution in [2.24, 2.45) is 5.92 Å². The van der Waals surface area contributed by atoms with Gasteiger partial charge in [-0.2, -0.15) is 0 Å². The van der Waals surface area contributed by atoms with Crippen molar-refractivity contribution in [2.75, 3.05) is 28.6 Å². The molecule has 0 saturated carbocycles. The van der Waals surface area contributed by atoms with E-state index in [4.69, 9.17) is 0 Å². The third-order valence-corrected chi connectivity index (χ3v) is 5.29. The first-order valence-corrected chi connectivity index (χ1v) is 10.4. The van der Waals surface area contributed by atoms with Crippen molar-refractivity contribution in [3.05, 3.63) is 66.7 Å². The molecule has 1 atom stereocenters. The van der Waals surface area contributed by atoms with E-state index >= 15 is 0 Å². The van der Waals surface area contributed by atoms with Gasteiger partial charge in [0.1, 0.15) is 0 Å². The summed E-state index contributed by atoms with van der Waals surface area (Å²) >= 11 is 0. The summed E-state index contributed by atoms with van der Waals surface area (Å²) in [5.74, 6) is 0.461. The van der Waals surface area contributed by atoms with E-state index in [0.717, 1.165) is 36.5 Å². The molecule has 1 aromatic heterocycles. The van der Waals surface area contributed by atoms with E-state index in [9.17, 15) is 9.59 Å². The fourth-order valence-corrected chi connectivity index (χ4v) is 3.78. The van der Waals surface area contributed by atoms with Crippen molar-refractivity contribution in [3.63, 3.8) is 0 Å². The SMILES string of the molecule is CC(=O)Nc1cccc(NC(=O)C2CCCN(c3ccc(-c4ccccc4)nn3)C2)c1. The Balaban J connectivity index is 1.40. The highest BCUT2D eigenvalue weighted by molar-refractivity contribution is 5.94. The van der Waals surface area contributed by atoms with E-state index in [0.29, 0.717) is 17.9 Å². The summed E-state index contributed by atoms with van der Waals surface area (Å²) < 4.78 is 0. The van der Waals surface area contributed by atoms with Crippen molar-refractivity contribution in [3.8, 4) is 11.3 Å². The van der Waals surface area contributed by atoms with Crippen molar-refractivity contribution in [2.45, 2.75) is 19.8 Å². The van der Waals surface area contributed by atoms with E-state index in [2.05, 4.69) is 25.7 Å². The number of anilines is 3. The van der Waals surface area contributed by atoms with Crippen molar-refractivity contribution >= 4 is 29.0 Å². The van der Waals surface area contributed by atoms with E-state index in [1.165, 1.54) is 6.92 Å². The fourth-order valence-electron chi connectivity index (χ4n) is 3.78. The molecule has 2 heterocycles. The van der Waals surface area contributed by atoms with Gasteiger partial charge in [0.2, 0.25) is 11.8 Å². The van der Waals surface area contributed by atoms with Crippen molar-refractivity contribution in [1.29, 1.82) is 0 Å². The first-order chi connectivity index (χ1) is 15.1. The number of rotatable bonds is 5. The Morgan fingerprint density at radius 2 is 1.71 bits per heavy atom. The van der Waals surface area contributed by atoms with Gasteiger partial charge in [0.05, 0.1) is 11.6 Å². The number of carbonyl (C=O) groups excluding carboxylic acids is 2. The highest BCUT2D eigenvalue weighted by Gasteiger charge is 2.27. The second-order valence-corrected chi connectivity index (χ2v) is 7.68. The molecule has 2 aromatic carbocycles. The molecule has 2 N–H and O–H groups in total. The molecule has 1 aliphatic rings. The smallest absolute Gasteiger partial charge is 0.229 e. The molecular weight excluding hydrogens is 390 g/mol. The molecule has 0 aliphatic carbocycles. The summed E-state index contributed by atoms with van der Waals surface area (Å²) in [5.41, 5.74) is 3.18. The van der Waals surface area contributed by atoms with Crippen LogP contribution in [0.15, 0.2) is 66.7 Å². The molecule has 1 aliphatic heterocycles. The molecule has 1 saturated heterocycles. The predicted octanol–water partition coefficient (Wildman–Crippen LogP) is 3.96. The molecule has 7 heteroatoms. The molecule has 3 aromatic rings. The third-order valence-electron chi connectivity index (χ3n) is 5.29. The molecule has 31 heavy (non-hydrogen) atoms. The highest BCUT2D eigenvalue weighted by atomic mass is 16.2. The maximum Gasteiger partial charge on any atom is 0.229 e. The zero-order valence-corrected chi connectivity index (χ0v) is 17.4. The standard InChI is InChI=1S/C24H25N5O2/c1-17(30)25-20-10-5-11-21(15-20)26-24(31)19-9-6-14-29(16-19)23-13-12-22(27-28-23)18-7-3-2-4-8-18/h2-5,7-8,10-13,15,19H,6,9,14,16H2,1H3,(H,25,30)(H,26,31). The Morgan fingerprint density at radius 3 is 2.42 bits per heavy atom. The minimum absolute atomic E-state index is 0.0291. The molecule has 1 unspecified atom stereocenters. The Labute approximate surface area is 181 Å². The van der Waals surface area contributed by atoms with Crippen LogP contribution >= 0.6 is 0 Å². The van der Waals surface area contributed by atoms with Crippen LogP contribution in [0.3, 0.4) is 0 Å². The molecule has 2 amide bonds. The molecule has 4 rings (SSSR count). The van der Waals surface area contributed by atoms with Crippen LogP contribution < -0.4 is 15.5 Å². The Kier molecular flexibility index (Phi) is 6.21. The number of carbonyl (C=O) groups is 2. The summed E-state index contributed by atoms with van der Waals surface area (Å²) in [6.45, 7) is 2.90. The monoisotopic (exact) mass is 415 g/mol. The topological polar surface area (TPSA) is 87.2 Å². The van der Waals surface area contributed by atoms with Gasteiger partial charge < -0.3 is 15.5 Å². The summed E-state index contributed by atoms with van der Waals surface area (Å²) in [4.78, 5) is 26.2. The quantitative estimate of drug-likeness (QED) is 0.659. The largest absolute Gasteiger partial charge is 0.354 e. The lowest BCUT2D eigenvalue weighted by Gasteiger charge is -2.32. The fraction of sp³-hybridized carbons (Fsp3) is 0.250. The first-order valence-electron chi connectivity index (χ1n) is 10.4. The number of hydrogen-bond acceptors (Lipinski definition) is 5. The molecule has 1 fully saturated rings. The summed E-state index contributed by atoms with van der Waals surface area (Å²) in [6, 6.07) is 21.0. The minimum atomic E-state index is -0.147. The van der Waals surface area contributed by atoms with E-state index in [1.54, 1.807) is 18.2 Å². The molecule has 0 bridgehead atoms. The summed E-state index contributed by atoms with van der Waals surface area (Å²) in [7, 11) is 0. The van der Waals surface area contributed by atoms with Crippen LogP contribution in [0.25, 0.3) is 11.3 Å². The number of aromatic nitrogens is 2. The van der Waals surface area contributed by atoms with Gasteiger partial charge in [-0.25, -0.2) is 0 Å². The van der Waals surface area contributed by atoms with Crippen molar-refractivity contribution < 1.29 is 9.59 Å². The van der Waals surface area contributed by atoms with Crippen molar-refractivity contribution in [1.82, 2.24) is 10.2 Å². The average Bonchev–Trinajstić information content (AvgIpc) is 2.80. The van der Waals surface area contributed by atoms with Gasteiger partial charge in [-0.3, -0.25) is 9.59 Å². The molecule has 0 radical (unpaired) electrons. The van der Waals surface area contributed by atoms with Gasteiger partial charge in [-0.15, -0.1) is 10.2 Å². The van der Waals surface area contributed by atoms with Crippen LogP contribution in [0.2, 0.25) is 0 Å². The zero-order valence-electron chi connectivity index (χ0n) is 17.4. The third kappa shape index (κ3) is 5.25. The van der Waals surface area contributed by atoms with Gasteiger partial charge in [-0.1, -0.05) is 36.4 Å². The number of hydrogen-bond donors (Lipinski definition) is 2. The number of benzene rings is 2. The zero-order chi connectivity index (χ0) is 21.6. The van der Waals surface area contributed by atoms with E-state index < -0.39 is 0 Å². The van der Waals surface area contributed by atoms with Crippen LogP contribution in [0, 0.1) is 5.92 Å². The van der Waals surface area contributed by atoms with Gasteiger partial charge in [0.25, 0.3) is 0 Å². The lowest BCUT2D eigenvalue weighted by molar-refractivity contribution is -0.120. The second kappa shape index (κ2) is 9.38. The Hall–Kier alpha value is -3.74. The second-order valence-electron chi connectivity index (χ2n) is 7.68. The predicted molar refractivity (Wildman–Crippen MR) is 122 cm³/mol.